The summed E-state index contributed by atoms with van der Waals surface area (Å²) < 4.78 is 14.6. The summed E-state index contributed by atoms with van der Waals surface area (Å²) >= 11 is 0. The van der Waals surface area contributed by atoms with Crippen molar-refractivity contribution in [2.24, 2.45) is 11.1 Å². The summed E-state index contributed by atoms with van der Waals surface area (Å²) in [4.78, 5) is 49.4. The Morgan fingerprint density at radius 3 is 1.82 bits per heavy atom. The number of benzene rings is 1. The second-order valence-corrected chi connectivity index (χ2v) is 7.06. The van der Waals surface area contributed by atoms with E-state index in [1.165, 1.54) is 45.0 Å². The molecule has 0 saturated heterocycles. The van der Waals surface area contributed by atoms with Crippen LogP contribution in [0.5, 0.6) is 0 Å². The zero-order chi connectivity index (χ0) is 21.8. The van der Waals surface area contributed by atoms with Gasteiger partial charge in [0.1, 0.15) is 11.1 Å². The molecule has 0 heterocycles. The number of carbonyl (C=O) groups is 3. The smallest absolute Gasteiger partial charge is 0.338 e. The number of methoxy groups -OCH3 is 2. The summed E-state index contributed by atoms with van der Waals surface area (Å²) in [6, 6.07) is 7.29. The van der Waals surface area contributed by atoms with Gasteiger partial charge in [-0.3, -0.25) is 24.5 Å². The average molecular weight is 396 g/mol. The third kappa shape index (κ3) is 4.11. The highest BCUT2D eigenvalue weighted by atomic mass is 16.6. The average Bonchev–Trinajstić information content (AvgIpc) is 2.60. The first kappa shape index (κ1) is 23.0. The van der Waals surface area contributed by atoms with E-state index in [0.717, 1.165) is 14.2 Å². The van der Waals surface area contributed by atoms with Crippen LogP contribution in [0.4, 0.5) is 0 Å². The normalized spacial score (nSPS) is 13.8. The molecule has 0 aliphatic rings. The van der Waals surface area contributed by atoms with E-state index in [-0.39, 0.29) is 5.56 Å². The van der Waals surface area contributed by atoms with Crippen LogP contribution in [0.15, 0.2) is 30.3 Å². The minimum atomic E-state index is -2.97. The van der Waals surface area contributed by atoms with Crippen molar-refractivity contribution in [1.29, 1.82) is 0 Å². The Labute approximate surface area is 162 Å². The van der Waals surface area contributed by atoms with Gasteiger partial charge in [0.25, 0.3) is 5.41 Å². The number of ether oxygens (including phenoxy) is 3. The Kier molecular flexibility index (Phi) is 6.86. The number of nitrogens with zero attached hydrogens (tertiary/aromatic N) is 1. The Morgan fingerprint density at radius 1 is 1.00 bits per heavy atom. The highest BCUT2D eigenvalue weighted by Crippen LogP contribution is 2.43. The minimum Gasteiger partial charge on any atom is -0.468 e. The molecule has 0 aromatic heterocycles. The molecule has 0 spiro atoms. The van der Waals surface area contributed by atoms with Crippen LogP contribution in [-0.4, -0.2) is 49.2 Å². The van der Waals surface area contributed by atoms with E-state index in [1.54, 1.807) is 6.07 Å². The quantitative estimate of drug-likeness (QED) is 0.232. The van der Waals surface area contributed by atoms with Crippen LogP contribution < -0.4 is 5.73 Å². The van der Waals surface area contributed by atoms with Crippen molar-refractivity contribution >= 4 is 17.9 Å². The number of hydrogen-bond donors (Lipinski definition) is 1. The highest BCUT2D eigenvalue weighted by molar-refractivity contribution is 6.19. The standard InChI is InChI=1S/C18H24N2O8/c1-16(2,3)28-15(23)18(13(21)26-4,14(22)27-5)17(19,11-20(24)25)12-9-7-6-8-10-12/h6-10H,11,19H2,1-5H3. The van der Waals surface area contributed by atoms with Crippen LogP contribution in [0.2, 0.25) is 0 Å². The Hall–Kier alpha value is -3.01. The van der Waals surface area contributed by atoms with E-state index in [0.29, 0.717) is 0 Å². The van der Waals surface area contributed by atoms with Gasteiger partial charge in [0, 0.05) is 4.92 Å². The molecular formula is C18H24N2O8. The number of nitro groups is 1. The van der Waals surface area contributed by atoms with Gasteiger partial charge in [-0.05, 0) is 26.3 Å². The first-order valence-electron chi connectivity index (χ1n) is 8.23. The van der Waals surface area contributed by atoms with Gasteiger partial charge in [-0.25, -0.2) is 0 Å². The SMILES string of the molecule is COC(=O)C(C(=O)OC)(C(=O)OC(C)(C)C)C(N)(C[N+](=O)[O-])c1ccccc1. The van der Waals surface area contributed by atoms with Crippen molar-refractivity contribution in [3.8, 4) is 0 Å². The van der Waals surface area contributed by atoms with Crippen LogP contribution in [0, 0.1) is 15.5 Å². The van der Waals surface area contributed by atoms with Gasteiger partial charge in [-0.1, -0.05) is 30.3 Å². The Bertz CT molecular complexity index is 741. The molecule has 2 N–H and O–H groups in total. The molecule has 0 saturated carbocycles. The fourth-order valence-corrected chi connectivity index (χ4v) is 2.82. The van der Waals surface area contributed by atoms with E-state index in [2.05, 4.69) is 9.47 Å². The topological polar surface area (TPSA) is 148 Å². The van der Waals surface area contributed by atoms with E-state index in [4.69, 9.17) is 10.5 Å². The van der Waals surface area contributed by atoms with Gasteiger partial charge in [-0.15, -0.1) is 0 Å². The van der Waals surface area contributed by atoms with E-state index in [9.17, 15) is 24.5 Å². The summed E-state index contributed by atoms with van der Waals surface area (Å²) in [5, 5.41) is 11.4. The van der Waals surface area contributed by atoms with Gasteiger partial charge in [-0.2, -0.15) is 0 Å². The van der Waals surface area contributed by atoms with Gasteiger partial charge in [0.2, 0.25) is 6.54 Å². The second kappa shape index (κ2) is 8.34. The van der Waals surface area contributed by atoms with Crippen molar-refractivity contribution in [2.45, 2.75) is 31.9 Å². The van der Waals surface area contributed by atoms with Crippen LogP contribution in [0.3, 0.4) is 0 Å². The van der Waals surface area contributed by atoms with E-state index >= 15 is 0 Å². The molecule has 10 nitrogen and oxygen atoms in total. The summed E-state index contributed by atoms with van der Waals surface area (Å²) in [7, 11) is 1.84. The first-order valence-corrected chi connectivity index (χ1v) is 8.23. The van der Waals surface area contributed by atoms with Crippen molar-refractivity contribution in [2.75, 3.05) is 20.8 Å². The monoisotopic (exact) mass is 396 g/mol. The lowest BCUT2D eigenvalue weighted by Crippen LogP contribution is -2.69. The lowest BCUT2D eigenvalue weighted by atomic mass is 9.65. The molecule has 28 heavy (non-hydrogen) atoms. The molecule has 1 aromatic carbocycles. The predicted molar refractivity (Wildman–Crippen MR) is 96.5 cm³/mol. The maximum absolute atomic E-state index is 13.2. The third-order valence-electron chi connectivity index (χ3n) is 4.02. The van der Waals surface area contributed by atoms with Crippen molar-refractivity contribution in [3.63, 3.8) is 0 Å². The van der Waals surface area contributed by atoms with E-state index < -0.39 is 45.9 Å². The van der Waals surface area contributed by atoms with Crippen LogP contribution in [-0.2, 0) is 34.1 Å². The molecule has 0 radical (unpaired) electrons. The molecular weight excluding hydrogens is 372 g/mol. The van der Waals surface area contributed by atoms with Gasteiger partial charge < -0.3 is 19.9 Å². The minimum absolute atomic E-state index is 0.0200. The summed E-state index contributed by atoms with van der Waals surface area (Å²) in [6.45, 7) is 3.34. The molecule has 1 aromatic rings. The highest BCUT2D eigenvalue weighted by Gasteiger charge is 2.72. The van der Waals surface area contributed by atoms with Crippen LogP contribution in [0.25, 0.3) is 0 Å². The molecule has 0 bridgehead atoms. The lowest BCUT2D eigenvalue weighted by Gasteiger charge is -2.40. The molecule has 0 amide bonds. The molecule has 154 valence electrons. The maximum atomic E-state index is 13.2. The molecule has 1 rings (SSSR count). The zero-order valence-electron chi connectivity index (χ0n) is 16.4. The number of hydrogen-bond acceptors (Lipinski definition) is 9. The number of rotatable bonds is 7. The van der Waals surface area contributed by atoms with Crippen molar-refractivity contribution < 1.29 is 33.5 Å². The largest absolute Gasteiger partial charge is 0.468 e. The molecule has 0 fully saturated rings. The van der Waals surface area contributed by atoms with E-state index in [1.807, 2.05) is 0 Å². The van der Waals surface area contributed by atoms with Crippen LogP contribution in [0.1, 0.15) is 26.3 Å². The third-order valence-corrected chi connectivity index (χ3v) is 4.02. The summed E-state index contributed by atoms with van der Waals surface area (Å²) in [6.07, 6.45) is 0. The first-order chi connectivity index (χ1) is 12.9. The Balaban J connectivity index is 3.97. The number of carbonyl (C=O) groups excluding carboxylic acids is 3. The molecule has 1 atom stereocenters. The summed E-state index contributed by atoms with van der Waals surface area (Å²) in [5.41, 5.74) is -0.266. The Morgan fingerprint density at radius 2 is 1.46 bits per heavy atom. The van der Waals surface area contributed by atoms with Crippen LogP contribution >= 0.6 is 0 Å². The molecule has 1 unspecified atom stereocenters. The van der Waals surface area contributed by atoms with Gasteiger partial charge >= 0.3 is 17.9 Å². The molecule has 0 aliphatic carbocycles. The fourth-order valence-electron chi connectivity index (χ4n) is 2.82. The van der Waals surface area contributed by atoms with Gasteiger partial charge in [0.05, 0.1) is 14.2 Å². The van der Waals surface area contributed by atoms with Crippen molar-refractivity contribution in [1.82, 2.24) is 0 Å². The molecule has 10 heteroatoms. The predicted octanol–water partition coefficient (Wildman–Crippen LogP) is 0.791. The lowest BCUT2D eigenvalue weighted by molar-refractivity contribution is -0.493. The number of nitrogens with two attached hydrogens (primary N) is 1. The van der Waals surface area contributed by atoms with Crippen molar-refractivity contribution in [3.05, 3.63) is 46.0 Å². The number of esters is 3. The second-order valence-electron chi connectivity index (χ2n) is 7.06. The maximum Gasteiger partial charge on any atom is 0.338 e. The zero-order valence-corrected chi connectivity index (χ0v) is 16.4. The van der Waals surface area contributed by atoms with Gasteiger partial charge in [0.15, 0.2) is 0 Å². The fraction of sp³-hybridized carbons (Fsp3) is 0.500. The summed E-state index contributed by atoms with van der Waals surface area (Å²) in [5.74, 6) is -4.27. The molecule has 0 aliphatic heterocycles.